The summed E-state index contributed by atoms with van der Waals surface area (Å²) in [6, 6.07) is 13.7. The van der Waals surface area contributed by atoms with Crippen LogP contribution in [0.1, 0.15) is 26.2 Å². The Morgan fingerprint density at radius 3 is 2.76 bits per heavy atom. The van der Waals surface area contributed by atoms with E-state index in [0.29, 0.717) is 16.6 Å². The van der Waals surface area contributed by atoms with E-state index in [1.807, 2.05) is 42.5 Å². The fourth-order valence-corrected chi connectivity index (χ4v) is 4.78. The first-order valence-corrected chi connectivity index (χ1v) is 12.1. The minimum absolute atomic E-state index is 0.0529. The molecule has 1 atom stereocenters. The van der Waals surface area contributed by atoms with E-state index in [1.54, 1.807) is 11.6 Å². The normalized spacial score (nSPS) is 12.5. The van der Waals surface area contributed by atoms with Crippen LogP contribution in [-0.4, -0.2) is 42.7 Å². The molecule has 0 unspecified atom stereocenters. The molecule has 0 saturated carbocycles. The number of aliphatic hydroxyl groups is 1. The van der Waals surface area contributed by atoms with Gasteiger partial charge in [0.05, 0.1) is 6.54 Å². The standard InChI is InChI=1S/C24H28N4O4S/c1-3-4-7-13-33-24-25-21-20(22(30)26-23(31)27(21)2)28(24)14-17(29)15-32-19-12-8-10-16-9-5-6-11-18(16)19/h5-6,8-12,17,29H,3-4,7,13-15H2,1-2H3,(H,26,30,31)/t17-/m0/s1. The van der Waals surface area contributed by atoms with Crippen molar-refractivity contribution in [2.45, 2.75) is 44.0 Å². The third-order valence-electron chi connectivity index (χ3n) is 5.53. The summed E-state index contributed by atoms with van der Waals surface area (Å²) < 4.78 is 8.95. The molecule has 0 bridgehead atoms. The highest BCUT2D eigenvalue weighted by Gasteiger charge is 2.20. The third kappa shape index (κ3) is 4.99. The van der Waals surface area contributed by atoms with Crippen LogP contribution in [0.4, 0.5) is 0 Å². The molecule has 0 aliphatic rings. The van der Waals surface area contributed by atoms with Crippen LogP contribution in [0, 0.1) is 0 Å². The van der Waals surface area contributed by atoms with Gasteiger partial charge in [-0.3, -0.25) is 14.3 Å². The lowest BCUT2D eigenvalue weighted by atomic mass is 10.1. The van der Waals surface area contributed by atoms with Crippen LogP contribution in [0.3, 0.4) is 0 Å². The number of aromatic amines is 1. The van der Waals surface area contributed by atoms with Crippen LogP contribution in [0.5, 0.6) is 5.75 Å². The first kappa shape index (κ1) is 23.1. The Morgan fingerprint density at radius 2 is 1.94 bits per heavy atom. The fourth-order valence-electron chi connectivity index (χ4n) is 3.78. The third-order valence-corrected chi connectivity index (χ3v) is 6.59. The van der Waals surface area contributed by atoms with Gasteiger partial charge in [-0.1, -0.05) is 67.9 Å². The number of aliphatic hydroxyl groups excluding tert-OH is 1. The van der Waals surface area contributed by atoms with Gasteiger partial charge in [-0.2, -0.15) is 0 Å². The van der Waals surface area contributed by atoms with Gasteiger partial charge in [0, 0.05) is 18.2 Å². The molecule has 4 aromatic rings. The van der Waals surface area contributed by atoms with Crippen molar-refractivity contribution < 1.29 is 9.84 Å². The van der Waals surface area contributed by atoms with Gasteiger partial charge in [-0.25, -0.2) is 9.78 Å². The van der Waals surface area contributed by atoms with E-state index in [1.165, 1.54) is 16.3 Å². The van der Waals surface area contributed by atoms with E-state index in [9.17, 15) is 14.7 Å². The molecule has 2 N–H and O–H groups in total. The molecule has 4 rings (SSSR count). The highest BCUT2D eigenvalue weighted by Crippen LogP contribution is 2.26. The summed E-state index contributed by atoms with van der Waals surface area (Å²) >= 11 is 1.53. The van der Waals surface area contributed by atoms with Gasteiger partial charge in [-0.15, -0.1) is 0 Å². The maximum Gasteiger partial charge on any atom is 0.329 e. The predicted molar refractivity (Wildman–Crippen MR) is 131 cm³/mol. The summed E-state index contributed by atoms with van der Waals surface area (Å²) in [7, 11) is 1.57. The quantitative estimate of drug-likeness (QED) is 0.274. The number of fused-ring (bicyclic) bond motifs is 2. The Kier molecular flexibility index (Phi) is 7.20. The van der Waals surface area contributed by atoms with Gasteiger partial charge < -0.3 is 14.4 Å². The highest BCUT2D eigenvalue weighted by atomic mass is 32.2. The summed E-state index contributed by atoms with van der Waals surface area (Å²) in [6.07, 6.45) is 2.35. The Labute approximate surface area is 195 Å². The van der Waals surface area contributed by atoms with Crippen LogP contribution < -0.4 is 16.0 Å². The van der Waals surface area contributed by atoms with Gasteiger partial charge in [0.15, 0.2) is 16.3 Å². The number of nitrogens with one attached hydrogen (secondary N) is 1. The second-order valence-corrected chi connectivity index (χ2v) is 9.06. The van der Waals surface area contributed by atoms with E-state index in [0.717, 1.165) is 35.8 Å². The van der Waals surface area contributed by atoms with Crippen molar-refractivity contribution in [1.29, 1.82) is 0 Å². The average Bonchev–Trinajstić information content (AvgIpc) is 3.17. The van der Waals surface area contributed by atoms with Gasteiger partial charge in [0.25, 0.3) is 5.56 Å². The summed E-state index contributed by atoms with van der Waals surface area (Å²) in [5.74, 6) is 1.53. The van der Waals surface area contributed by atoms with Crippen LogP contribution in [0.2, 0.25) is 0 Å². The lowest BCUT2D eigenvalue weighted by Crippen LogP contribution is -2.30. The fraction of sp³-hybridized carbons (Fsp3) is 0.375. The predicted octanol–water partition coefficient (Wildman–Crippen LogP) is 3.30. The molecule has 0 aliphatic carbocycles. The van der Waals surface area contributed by atoms with Crippen molar-refractivity contribution in [3.05, 3.63) is 63.3 Å². The topological polar surface area (TPSA) is 102 Å². The molecule has 2 heterocycles. The zero-order chi connectivity index (χ0) is 23.4. The number of hydrogen-bond donors (Lipinski definition) is 2. The van der Waals surface area contributed by atoms with Crippen molar-refractivity contribution in [1.82, 2.24) is 19.1 Å². The van der Waals surface area contributed by atoms with E-state index in [2.05, 4.69) is 16.9 Å². The Bertz CT molecular complexity index is 1370. The number of thioether (sulfide) groups is 1. The van der Waals surface area contributed by atoms with Crippen LogP contribution in [-0.2, 0) is 13.6 Å². The zero-order valence-electron chi connectivity index (χ0n) is 18.8. The number of imidazole rings is 1. The maximum absolute atomic E-state index is 12.6. The molecule has 9 heteroatoms. The number of benzene rings is 2. The van der Waals surface area contributed by atoms with Crippen molar-refractivity contribution in [2.75, 3.05) is 12.4 Å². The number of aryl methyl sites for hydroxylation is 1. The molecule has 0 radical (unpaired) electrons. The van der Waals surface area contributed by atoms with Crippen LogP contribution in [0.15, 0.2) is 57.2 Å². The maximum atomic E-state index is 12.6. The lowest BCUT2D eigenvalue weighted by Gasteiger charge is -2.16. The van der Waals surface area contributed by atoms with Crippen molar-refractivity contribution >= 4 is 33.7 Å². The molecule has 0 aliphatic heterocycles. The molecule has 0 spiro atoms. The number of ether oxygens (including phenoxy) is 1. The zero-order valence-corrected chi connectivity index (χ0v) is 19.6. The van der Waals surface area contributed by atoms with Crippen LogP contribution in [0.25, 0.3) is 21.9 Å². The summed E-state index contributed by atoms with van der Waals surface area (Å²) in [5, 5.41) is 13.4. The average molecular weight is 469 g/mol. The van der Waals surface area contributed by atoms with Crippen molar-refractivity contribution in [3.8, 4) is 5.75 Å². The van der Waals surface area contributed by atoms with Gasteiger partial charge >= 0.3 is 5.69 Å². The van der Waals surface area contributed by atoms with E-state index >= 15 is 0 Å². The Balaban J connectivity index is 1.58. The number of unbranched alkanes of at least 4 members (excludes halogenated alkanes) is 2. The van der Waals surface area contributed by atoms with Gasteiger partial charge in [0.1, 0.15) is 18.5 Å². The van der Waals surface area contributed by atoms with Crippen LogP contribution >= 0.6 is 11.8 Å². The smallest absolute Gasteiger partial charge is 0.329 e. The second-order valence-electron chi connectivity index (χ2n) is 7.99. The van der Waals surface area contributed by atoms with Gasteiger partial charge in [-0.05, 0) is 17.9 Å². The molecule has 8 nitrogen and oxygen atoms in total. The number of H-pyrrole nitrogens is 1. The van der Waals surface area contributed by atoms with Crippen molar-refractivity contribution in [2.24, 2.45) is 7.05 Å². The largest absolute Gasteiger partial charge is 0.490 e. The van der Waals surface area contributed by atoms with Crippen molar-refractivity contribution in [3.63, 3.8) is 0 Å². The molecule has 174 valence electrons. The number of aromatic nitrogens is 4. The number of hydrogen-bond acceptors (Lipinski definition) is 6. The Hall–Kier alpha value is -3.04. The molecule has 2 aromatic carbocycles. The number of nitrogens with zero attached hydrogens (tertiary/aromatic N) is 3. The second kappa shape index (κ2) is 10.3. The van der Waals surface area contributed by atoms with E-state index in [4.69, 9.17) is 4.74 Å². The molecule has 0 saturated heterocycles. The highest BCUT2D eigenvalue weighted by molar-refractivity contribution is 7.99. The first-order chi connectivity index (χ1) is 16.0. The summed E-state index contributed by atoms with van der Waals surface area (Å²) in [6.45, 7) is 2.32. The molecule has 33 heavy (non-hydrogen) atoms. The lowest BCUT2D eigenvalue weighted by molar-refractivity contribution is 0.0921. The molecule has 0 amide bonds. The summed E-state index contributed by atoms with van der Waals surface area (Å²) in [4.78, 5) is 31.6. The SMILES string of the molecule is CCCCCSc1nc2c(c(=O)[nH]c(=O)n2C)n1C[C@H](O)COc1cccc2ccccc12. The first-order valence-electron chi connectivity index (χ1n) is 11.1. The minimum Gasteiger partial charge on any atom is -0.490 e. The Morgan fingerprint density at radius 1 is 1.15 bits per heavy atom. The van der Waals surface area contributed by atoms with E-state index in [-0.39, 0.29) is 18.7 Å². The minimum atomic E-state index is -0.881. The molecular formula is C24H28N4O4S. The number of rotatable bonds is 10. The molecule has 0 fully saturated rings. The monoisotopic (exact) mass is 468 g/mol. The molecular weight excluding hydrogens is 440 g/mol. The van der Waals surface area contributed by atoms with E-state index < -0.39 is 17.4 Å². The summed E-state index contributed by atoms with van der Waals surface area (Å²) in [5.41, 5.74) is -0.439. The molecule has 2 aromatic heterocycles. The van der Waals surface area contributed by atoms with Gasteiger partial charge in [0.2, 0.25) is 0 Å².